The first-order valence-electron chi connectivity index (χ1n) is 13.7. The number of nitrogens with zero attached hydrogens (tertiary/aromatic N) is 3. The molecular formula is C31H31F3N4OS. The average Bonchev–Trinajstić information content (AvgIpc) is 3.52. The van der Waals surface area contributed by atoms with Gasteiger partial charge in [0, 0.05) is 26.2 Å². The van der Waals surface area contributed by atoms with E-state index in [-0.39, 0.29) is 0 Å². The molecule has 3 aromatic carbocycles. The number of carbonyl (C=O) groups excluding carboxylic acids is 1. The lowest BCUT2D eigenvalue weighted by Gasteiger charge is -2.35. The summed E-state index contributed by atoms with van der Waals surface area (Å²) in [4.78, 5) is 23.2. The Labute approximate surface area is 235 Å². The van der Waals surface area contributed by atoms with E-state index in [2.05, 4.69) is 21.2 Å². The van der Waals surface area contributed by atoms with Crippen LogP contribution in [0.5, 0.6) is 0 Å². The Morgan fingerprint density at radius 2 is 1.50 bits per heavy atom. The molecule has 0 spiro atoms. The monoisotopic (exact) mass is 564 g/mol. The van der Waals surface area contributed by atoms with E-state index in [4.69, 9.17) is 4.98 Å². The number of rotatable bonds is 8. The quantitative estimate of drug-likeness (QED) is 0.258. The van der Waals surface area contributed by atoms with Crippen LogP contribution in [0.1, 0.15) is 30.4 Å². The highest BCUT2D eigenvalue weighted by Crippen LogP contribution is 2.51. The fraction of sp³-hybridized carbons (Fsp3) is 0.355. The van der Waals surface area contributed by atoms with Crippen LogP contribution in [0.3, 0.4) is 0 Å². The van der Waals surface area contributed by atoms with E-state index in [1.165, 1.54) is 4.70 Å². The summed E-state index contributed by atoms with van der Waals surface area (Å²) in [7, 11) is 0. The Morgan fingerprint density at radius 1 is 0.875 bits per heavy atom. The van der Waals surface area contributed by atoms with Gasteiger partial charge in [-0.2, -0.15) is 13.2 Å². The number of alkyl halides is 3. The SMILES string of the molecule is O=C(NCC(F)(F)F)C1(CCCCN2CCN(c3nc4ccccc4s3)CC2)c2ccccc2-c2ccccc21. The lowest BCUT2D eigenvalue weighted by molar-refractivity contribution is -0.141. The number of piperazine rings is 1. The van der Waals surface area contributed by atoms with Crippen LogP contribution in [0.2, 0.25) is 0 Å². The zero-order chi connectivity index (χ0) is 27.7. The van der Waals surface area contributed by atoms with Gasteiger partial charge in [0.2, 0.25) is 5.91 Å². The van der Waals surface area contributed by atoms with Crippen molar-refractivity contribution in [2.75, 3.05) is 44.2 Å². The first kappa shape index (κ1) is 26.8. The Kier molecular flexibility index (Phi) is 7.27. The van der Waals surface area contributed by atoms with Crippen LogP contribution in [0.25, 0.3) is 21.3 Å². The number of anilines is 1. The normalized spacial score (nSPS) is 16.6. The lowest BCUT2D eigenvalue weighted by Crippen LogP contribution is -2.47. The molecule has 2 heterocycles. The van der Waals surface area contributed by atoms with E-state index in [0.29, 0.717) is 6.42 Å². The summed E-state index contributed by atoms with van der Waals surface area (Å²) in [6, 6.07) is 23.4. The first-order valence-corrected chi connectivity index (χ1v) is 14.5. The van der Waals surface area contributed by atoms with Gasteiger partial charge in [-0.05, 0) is 53.8 Å². The zero-order valence-electron chi connectivity index (χ0n) is 22.1. The second kappa shape index (κ2) is 10.9. The van der Waals surface area contributed by atoms with Crippen molar-refractivity contribution in [1.29, 1.82) is 0 Å². The number of unbranched alkanes of at least 4 members (excludes halogenated alkanes) is 1. The van der Waals surface area contributed by atoms with E-state index in [9.17, 15) is 18.0 Å². The van der Waals surface area contributed by atoms with Crippen LogP contribution >= 0.6 is 11.3 Å². The van der Waals surface area contributed by atoms with E-state index in [1.807, 2.05) is 66.7 Å². The molecule has 0 unspecified atom stereocenters. The maximum absolute atomic E-state index is 13.6. The smallest absolute Gasteiger partial charge is 0.346 e. The summed E-state index contributed by atoms with van der Waals surface area (Å²) in [6.45, 7) is 3.22. The van der Waals surface area contributed by atoms with Gasteiger partial charge in [0.25, 0.3) is 0 Å². The predicted octanol–water partition coefficient (Wildman–Crippen LogP) is 6.23. The molecule has 0 saturated carbocycles. The molecule has 0 bridgehead atoms. The first-order chi connectivity index (χ1) is 19.3. The molecule has 5 nitrogen and oxygen atoms in total. The summed E-state index contributed by atoms with van der Waals surface area (Å²) in [5, 5.41) is 3.28. The molecule has 1 saturated heterocycles. The number of para-hydroxylation sites is 1. The third-order valence-corrected chi connectivity index (χ3v) is 9.20. The van der Waals surface area contributed by atoms with Crippen LogP contribution < -0.4 is 10.2 Å². The van der Waals surface area contributed by atoms with Crippen molar-refractivity contribution in [3.63, 3.8) is 0 Å². The lowest BCUT2D eigenvalue weighted by atomic mass is 9.73. The molecule has 208 valence electrons. The van der Waals surface area contributed by atoms with Crippen molar-refractivity contribution in [1.82, 2.24) is 15.2 Å². The number of carbonyl (C=O) groups is 1. The summed E-state index contributed by atoms with van der Waals surface area (Å²) in [5.41, 5.74) is 3.33. The van der Waals surface area contributed by atoms with Gasteiger partial charge < -0.3 is 10.2 Å². The molecule has 0 atom stereocenters. The molecule has 1 aliphatic heterocycles. The zero-order valence-corrected chi connectivity index (χ0v) is 22.9. The standard InChI is InChI=1S/C31H31F3N4OS/c32-31(33,34)21-35-28(39)30(24-11-3-1-9-22(24)23-10-2-4-12-25(23)30)15-7-8-16-37-17-19-38(20-18-37)29-36-26-13-5-6-14-27(26)40-29/h1-6,9-14H,7-8,15-21H2,(H,35,39). The maximum Gasteiger partial charge on any atom is 0.405 e. The van der Waals surface area contributed by atoms with Crippen LogP contribution in [0.4, 0.5) is 18.3 Å². The molecular weight excluding hydrogens is 533 g/mol. The van der Waals surface area contributed by atoms with Crippen molar-refractivity contribution in [3.05, 3.63) is 83.9 Å². The topological polar surface area (TPSA) is 48.5 Å². The minimum Gasteiger partial charge on any atom is -0.346 e. The summed E-state index contributed by atoms with van der Waals surface area (Å²) >= 11 is 1.73. The van der Waals surface area contributed by atoms with Gasteiger partial charge in [-0.1, -0.05) is 78.4 Å². The van der Waals surface area contributed by atoms with Crippen molar-refractivity contribution < 1.29 is 18.0 Å². The molecule has 9 heteroatoms. The maximum atomic E-state index is 13.6. The molecule has 0 radical (unpaired) electrons. The van der Waals surface area contributed by atoms with Gasteiger partial charge in [0.15, 0.2) is 5.13 Å². The van der Waals surface area contributed by atoms with E-state index in [1.54, 1.807) is 11.3 Å². The fourth-order valence-electron chi connectivity index (χ4n) is 6.17. The molecule has 1 aliphatic carbocycles. The molecule has 1 N–H and O–H groups in total. The van der Waals surface area contributed by atoms with E-state index >= 15 is 0 Å². The highest BCUT2D eigenvalue weighted by Gasteiger charge is 2.49. The highest BCUT2D eigenvalue weighted by atomic mass is 32.1. The molecule has 40 heavy (non-hydrogen) atoms. The molecule has 4 aromatic rings. The molecule has 1 aromatic heterocycles. The van der Waals surface area contributed by atoms with Crippen LogP contribution in [-0.2, 0) is 10.2 Å². The Hall–Kier alpha value is -3.43. The van der Waals surface area contributed by atoms with Crippen molar-refractivity contribution in [2.45, 2.75) is 30.9 Å². The minimum atomic E-state index is -4.47. The second-order valence-corrected chi connectivity index (χ2v) is 11.6. The van der Waals surface area contributed by atoms with Gasteiger partial charge in [-0.15, -0.1) is 0 Å². The Bertz CT molecular complexity index is 1430. The summed E-state index contributed by atoms with van der Waals surface area (Å²) in [6.07, 6.45) is -2.43. The molecule has 1 amide bonds. The number of nitrogens with one attached hydrogen (secondary N) is 1. The summed E-state index contributed by atoms with van der Waals surface area (Å²) in [5.74, 6) is -0.577. The molecule has 6 rings (SSSR count). The number of amides is 1. The Morgan fingerprint density at radius 3 is 2.15 bits per heavy atom. The number of halogens is 3. The van der Waals surface area contributed by atoms with Crippen LogP contribution in [-0.4, -0.2) is 61.2 Å². The largest absolute Gasteiger partial charge is 0.405 e. The number of aromatic nitrogens is 1. The highest BCUT2D eigenvalue weighted by molar-refractivity contribution is 7.22. The van der Waals surface area contributed by atoms with E-state index < -0.39 is 24.0 Å². The predicted molar refractivity (Wildman–Crippen MR) is 154 cm³/mol. The minimum absolute atomic E-state index is 0.455. The van der Waals surface area contributed by atoms with E-state index in [0.717, 1.165) is 78.5 Å². The van der Waals surface area contributed by atoms with Crippen molar-refractivity contribution >= 4 is 32.6 Å². The molecule has 2 aliphatic rings. The van der Waals surface area contributed by atoms with Gasteiger partial charge in [0.05, 0.1) is 10.2 Å². The third kappa shape index (κ3) is 5.08. The number of hydrogen-bond donors (Lipinski definition) is 1. The number of hydrogen-bond acceptors (Lipinski definition) is 5. The summed E-state index contributed by atoms with van der Waals surface area (Å²) < 4.78 is 40.5. The van der Waals surface area contributed by atoms with Crippen LogP contribution in [0.15, 0.2) is 72.8 Å². The van der Waals surface area contributed by atoms with Crippen molar-refractivity contribution in [3.8, 4) is 11.1 Å². The second-order valence-electron chi connectivity index (χ2n) is 10.5. The van der Waals surface area contributed by atoms with Crippen molar-refractivity contribution in [2.24, 2.45) is 0 Å². The average molecular weight is 565 g/mol. The van der Waals surface area contributed by atoms with Crippen LogP contribution in [0, 0.1) is 0 Å². The molecule has 1 fully saturated rings. The third-order valence-electron chi connectivity index (χ3n) is 8.10. The number of thiazole rings is 1. The van der Waals surface area contributed by atoms with Gasteiger partial charge in [-0.3, -0.25) is 9.69 Å². The number of benzene rings is 3. The van der Waals surface area contributed by atoms with Gasteiger partial charge >= 0.3 is 6.18 Å². The number of fused-ring (bicyclic) bond motifs is 4. The van der Waals surface area contributed by atoms with Gasteiger partial charge in [0.1, 0.15) is 12.0 Å². The van der Waals surface area contributed by atoms with Gasteiger partial charge in [-0.25, -0.2) is 4.98 Å². The fourth-order valence-corrected chi connectivity index (χ4v) is 7.19. The Balaban J connectivity index is 1.12.